The third-order valence-electron chi connectivity index (χ3n) is 7.33. The molecule has 4 nitrogen and oxygen atoms in total. The maximum Gasteiger partial charge on any atom is 0.335 e. The average Bonchev–Trinajstić information content (AvgIpc) is 3.30. The largest absolute Gasteiger partial charge is 0.478 e. The molecule has 4 aromatic carbocycles. The molecule has 178 valence electrons. The molecule has 0 radical (unpaired) electrons. The molecule has 0 spiro atoms. The molecule has 1 heterocycles. The van der Waals surface area contributed by atoms with Crippen LogP contribution in [0.1, 0.15) is 45.9 Å². The molecule has 0 saturated carbocycles. The van der Waals surface area contributed by atoms with Crippen LogP contribution in [0.3, 0.4) is 0 Å². The van der Waals surface area contributed by atoms with Crippen molar-refractivity contribution in [3.8, 4) is 0 Å². The second-order valence-corrected chi connectivity index (χ2v) is 9.67. The van der Waals surface area contributed by atoms with Gasteiger partial charge in [-0.25, -0.2) is 4.79 Å². The van der Waals surface area contributed by atoms with Gasteiger partial charge < -0.3 is 10.4 Å². The van der Waals surface area contributed by atoms with Gasteiger partial charge in [-0.15, -0.1) is 0 Å². The lowest BCUT2D eigenvalue weighted by atomic mass is 9.88. The van der Waals surface area contributed by atoms with Crippen LogP contribution in [0.2, 0.25) is 0 Å². The molecule has 1 aliphatic heterocycles. The first-order valence-corrected chi connectivity index (χ1v) is 12.4. The van der Waals surface area contributed by atoms with E-state index in [0.717, 1.165) is 31.7 Å². The summed E-state index contributed by atoms with van der Waals surface area (Å²) in [6.45, 7) is 6.04. The minimum absolute atomic E-state index is 0.259. The SMILES string of the molecule is C[C@@H](NC[C@H]1CN(Cc2ccc(C(=O)O)cc2)C[C@@H]1c1ccccc1)c1cccc2ccccc12. The van der Waals surface area contributed by atoms with Gasteiger partial charge in [-0.1, -0.05) is 84.9 Å². The second-order valence-electron chi connectivity index (χ2n) is 9.67. The Morgan fingerprint density at radius 3 is 2.40 bits per heavy atom. The number of aromatic carboxylic acids is 1. The molecule has 2 N–H and O–H groups in total. The van der Waals surface area contributed by atoms with Crippen molar-refractivity contribution in [1.82, 2.24) is 10.2 Å². The Morgan fingerprint density at radius 1 is 0.914 bits per heavy atom. The summed E-state index contributed by atoms with van der Waals surface area (Å²) in [7, 11) is 0. The van der Waals surface area contributed by atoms with Crippen LogP contribution in [0.5, 0.6) is 0 Å². The van der Waals surface area contributed by atoms with Crippen molar-refractivity contribution in [2.45, 2.75) is 25.4 Å². The van der Waals surface area contributed by atoms with Crippen molar-refractivity contribution >= 4 is 16.7 Å². The monoisotopic (exact) mass is 464 g/mol. The molecule has 0 amide bonds. The van der Waals surface area contributed by atoms with Gasteiger partial charge in [0, 0.05) is 38.1 Å². The number of carbonyl (C=O) groups is 1. The van der Waals surface area contributed by atoms with Crippen LogP contribution in [0.25, 0.3) is 10.8 Å². The Morgan fingerprint density at radius 2 is 1.63 bits per heavy atom. The van der Waals surface area contributed by atoms with Crippen LogP contribution in [-0.4, -0.2) is 35.6 Å². The molecule has 0 aliphatic carbocycles. The zero-order valence-electron chi connectivity index (χ0n) is 20.1. The van der Waals surface area contributed by atoms with Crippen LogP contribution >= 0.6 is 0 Å². The highest BCUT2D eigenvalue weighted by Gasteiger charge is 2.33. The molecular formula is C31H32N2O2. The standard InChI is InChI=1S/C31H32N2O2/c1-22(28-13-7-11-24-10-5-6-12-29(24)28)32-18-27-20-33(21-30(27)25-8-3-2-4-9-25)19-23-14-16-26(17-15-23)31(34)35/h2-17,22,27,30,32H,18-21H2,1H3,(H,34,35)/t22-,27+,30-/m1/s1. The Labute approximate surface area is 207 Å². The Bertz CT molecular complexity index is 1280. The highest BCUT2D eigenvalue weighted by Crippen LogP contribution is 2.34. The Balaban J connectivity index is 1.30. The summed E-state index contributed by atoms with van der Waals surface area (Å²) in [5.41, 5.74) is 4.22. The maximum absolute atomic E-state index is 11.2. The van der Waals surface area contributed by atoms with Gasteiger partial charge in [-0.3, -0.25) is 4.90 Å². The summed E-state index contributed by atoms with van der Waals surface area (Å²) < 4.78 is 0. The lowest BCUT2D eigenvalue weighted by Crippen LogP contribution is -2.30. The molecule has 1 aliphatic rings. The van der Waals surface area contributed by atoms with Gasteiger partial charge in [0.1, 0.15) is 0 Å². The molecule has 0 aromatic heterocycles. The number of hydrogen-bond acceptors (Lipinski definition) is 3. The van der Waals surface area contributed by atoms with Gasteiger partial charge in [0.05, 0.1) is 5.56 Å². The maximum atomic E-state index is 11.2. The highest BCUT2D eigenvalue weighted by molar-refractivity contribution is 5.87. The molecule has 1 fully saturated rings. The molecule has 35 heavy (non-hydrogen) atoms. The molecule has 0 unspecified atom stereocenters. The van der Waals surface area contributed by atoms with Gasteiger partial charge >= 0.3 is 5.97 Å². The summed E-state index contributed by atoms with van der Waals surface area (Å²) >= 11 is 0. The number of hydrogen-bond donors (Lipinski definition) is 2. The first-order chi connectivity index (χ1) is 17.1. The van der Waals surface area contributed by atoms with Crippen molar-refractivity contribution in [3.05, 3.63) is 119 Å². The zero-order valence-corrected chi connectivity index (χ0v) is 20.1. The fraction of sp³-hybridized carbons (Fsp3) is 0.258. The van der Waals surface area contributed by atoms with Crippen LogP contribution in [-0.2, 0) is 6.54 Å². The van der Waals surface area contributed by atoms with E-state index >= 15 is 0 Å². The Hall–Kier alpha value is -3.47. The van der Waals surface area contributed by atoms with E-state index in [1.807, 2.05) is 12.1 Å². The van der Waals surface area contributed by atoms with Gasteiger partial charge in [-0.05, 0) is 52.4 Å². The van der Waals surface area contributed by atoms with Crippen LogP contribution in [0.15, 0.2) is 97.1 Å². The number of benzene rings is 4. The van der Waals surface area contributed by atoms with E-state index in [1.54, 1.807) is 12.1 Å². The summed E-state index contributed by atoms with van der Waals surface area (Å²) in [5.74, 6) is 0.0724. The summed E-state index contributed by atoms with van der Waals surface area (Å²) in [6.07, 6.45) is 0. The van der Waals surface area contributed by atoms with Crippen molar-refractivity contribution in [2.24, 2.45) is 5.92 Å². The number of nitrogens with one attached hydrogen (secondary N) is 1. The fourth-order valence-corrected chi connectivity index (χ4v) is 5.45. The predicted molar refractivity (Wildman–Crippen MR) is 142 cm³/mol. The van der Waals surface area contributed by atoms with Crippen molar-refractivity contribution in [3.63, 3.8) is 0 Å². The van der Waals surface area contributed by atoms with E-state index in [0.29, 0.717) is 17.4 Å². The van der Waals surface area contributed by atoms with Crippen molar-refractivity contribution in [2.75, 3.05) is 19.6 Å². The molecule has 4 heteroatoms. The first kappa shape index (κ1) is 23.3. The number of nitrogens with zero attached hydrogens (tertiary/aromatic N) is 1. The number of carboxylic acid groups (broad SMARTS) is 1. The van der Waals surface area contributed by atoms with Gasteiger partial charge in [0.2, 0.25) is 0 Å². The first-order valence-electron chi connectivity index (χ1n) is 12.4. The van der Waals surface area contributed by atoms with E-state index in [1.165, 1.54) is 21.9 Å². The van der Waals surface area contributed by atoms with E-state index in [2.05, 4.69) is 89.9 Å². The van der Waals surface area contributed by atoms with Crippen LogP contribution in [0.4, 0.5) is 0 Å². The van der Waals surface area contributed by atoms with Crippen molar-refractivity contribution < 1.29 is 9.90 Å². The van der Waals surface area contributed by atoms with E-state index in [9.17, 15) is 9.90 Å². The number of fused-ring (bicyclic) bond motifs is 1. The zero-order chi connectivity index (χ0) is 24.2. The molecule has 0 bridgehead atoms. The van der Waals surface area contributed by atoms with E-state index in [-0.39, 0.29) is 6.04 Å². The third-order valence-corrected chi connectivity index (χ3v) is 7.33. The molecule has 3 atom stereocenters. The van der Waals surface area contributed by atoms with Gasteiger partial charge in [0.25, 0.3) is 0 Å². The lowest BCUT2D eigenvalue weighted by Gasteiger charge is -2.23. The van der Waals surface area contributed by atoms with Gasteiger partial charge in [-0.2, -0.15) is 0 Å². The number of rotatable bonds is 8. The molecule has 4 aromatic rings. The lowest BCUT2D eigenvalue weighted by molar-refractivity contribution is 0.0697. The highest BCUT2D eigenvalue weighted by atomic mass is 16.4. The number of likely N-dealkylation sites (tertiary alicyclic amines) is 1. The predicted octanol–water partition coefficient (Wildman–Crippen LogP) is 6.10. The molecule has 5 rings (SSSR count). The average molecular weight is 465 g/mol. The topological polar surface area (TPSA) is 52.6 Å². The van der Waals surface area contributed by atoms with E-state index < -0.39 is 5.97 Å². The third kappa shape index (κ3) is 5.29. The summed E-state index contributed by atoms with van der Waals surface area (Å²) in [4.78, 5) is 13.7. The minimum atomic E-state index is -0.881. The quantitative estimate of drug-likeness (QED) is 0.331. The summed E-state index contributed by atoms with van der Waals surface area (Å²) in [6, 6.07) is 33.5. The molecular weight excluding hydrogens is 432 g/mol. The van der Waals surface area contributed by atoms with Gasteiger partial charge in [0.15, 0.2) is 0 Å². The summed E-state index contributed by atoms with van der Waals surface area (Å²) in [5, 5.41) is 15.6. The normalized spacial score (nSPS) is 19.1. The molecule has 1 saturated heterocycles. The van der Waals surface area contributed by atoms with Crippen molar-refractivity contribution in [1.29, 1.82) is 0 Å². The fourth-order valence-electron chi connectivity index (χ4n) is 5.45. The van der Waals surface area contributed by atoms with Crippen LogP contribution < -0.4 is 5.32 Å². The minimum Gasteiger partial charge on any atom is -0.478 e. The number of carboxylic acids is 1. The smallest absolute Gasteiger partial charge is 0.335 e. The van der Waals surface area contributed by atoms with Crippen LogP contribution in [0, 0.1) is 5.92 Å². The second kappa shape index (κ2) is 10.4. The Kier molecular flexibility index (Phi) is 6.94. The van der Waals surface area contributed by atoms with E-state index in [4.69, 9.17) is 0 Å².